The van der Waals surface area contributed by atoms with Gasteiger partial charge < -0.3 is 16.0 Å². The van der Waals surface area contributed by atoms with Crippen molar-refractivity contribution < 1.29 is 0 Å². The predicted octanol–water partition coefficient (Wildman–Crippen LogP) is 4.43. The Morgan fingerprint density at radius 1 is 1.08 bits per heavy atom. The minimum Gasteiger partial charge on any atom is -0.372 e. The summed E-state index contributed by atoms with van der Waals surface area (Å²) in [6.07, 6.45) is 13.0. The smallest absolute Gasteiger partial charge is 0.101 e. The maximum Gasteiger partial charge on any atom is 0.101 e. The van der Waals surface area contributed by atoms with E-state index in [0.717, 1.165) is 12.0 Å². The molecular weight excluding hydrogens is 318 g/mol. The number of allylic oxidation sites excluding steroid dienone is 3. The van der Waals surface area contributed by atoms with Gasteiger partial charge in [-0.05, 0) is 66.1 Å². The summed E-state index contributed by atoms with van der Waals surface area (Å²) < 4.78 is 0. The summed E-state index contributed by atoms with van der Waals surface area (Å²) in [5.74, 6) is 0.541. The van der Waals surface area contributed by atoms with Crippen molar-refractivity contribution >= 4 is 16.9 Å². The molecule has 0 bridgehead atoms. The number of para-hydroxylation sites is 1. The molecule has 3 heteroatoms. The highest BCUT2D eigenvalue weighted by Crippen LogP contribution is 2.49. The number of hydrogen-bond acceptors (Lipinski definition) is 3. The molecule has 2 aromatic rings. The van der Waals surface area contributed by atoms with Crippen LogP contribution in [-0.4, -0.2) is 12.2 Å². The van der Waals surface area contributed by atoms with Crippen molar-refractivity contribution in [3.05, 3.63) is 90.2 Å². The molecule has 0 saturated heterocycles. The lowest BCUT2D eigenvalue weighted by Crippen LogP contribution is -2.36. The molecule has 2 aliphatic heterocycles. The molecule has 2 heterocycles. The van der Waals surface area contributed by atoms with Gasteiger partial charge in [0.15, 0.2) is 0 Å². The van der Waals surface area contributed by atoms with E-state index < -0.39 is 0 Å². The summed E-state index contributed by atoms with van der Waals surface area (Å²) in [6, 6.07) is 18.0. The topological polar surface area (TPSA) is 41.3 Å². The van der Waals surface area contributed by atoms with Gasteiger partial charge in [-0.25, -0.2) is 0 Å². The van der Waals surface area contributed by atoms with Gasteiger partial charge in [-0.3, -0.25) is 0 Å². The molecule has 0 aromatic heterocycles. The van der Waals surface area contributed by atoms with Gasteiger partial charge in [0.2, 0.25) is 0 Å². The molecule has 2 aromatic carbocycles. The Morgan fingerprint density at radius 2 is 1.96 bits per heavy atom. The Hall–Kier alpha value is -2.78. The lowest BCUT2D eigenvalue weighted by Gasteiger charge is -2.30. The van der Waals surface area contributed by atoms with Gasteiger partial charge in [-0.2, -0.15) is 0 Å². The zero-order valence-electron chi connectivity index (χ0n) is 14.7. The lowest BCUT2D eigenvalue weighted by atomic mass is 9.85. The van der Waals surface area contributed by atoms with Crippen LogP contribution in [-0.2, 0) is 0 Å². The van der Waals surface area contributed by atoms with Crippen LogP contribution in [0.25, 0.3) is 5.57 Å². The van der Waals surface area contributed by atoms with E-state index in [4.69, 9.17) is 5.73 Å². The molecule has 0 amide bonds. The molecule has 3 nitrogen and oxygen atoms in total. The number of anilines is 2. The van der Waals surface area contributed by atoms with E-state index in [0.29, 0.717) is 12.0 Å². The Balaban J connectivity index is 1.63. The zero-order chi connectivity index (χ0) is 17.5. The van der Waals surface area contributed by atoms with Crippen molar-refractivity contribution in [2.75, 3.05) is 4.90 Å². The van der Waals surface area contributed by atoms with Gasteiger partial charge in [0.1, 0.15) is 6.17 Å². The number of rotatable bonds is 2. The van der Waals surface area contributed by atoms with Crippen molar-refractivity contribution in [3.63, 3.8) is 0 Å². The highest BCUT2D eigenvalue weighted by Gasteiger charge is 2.38. The van der Waals surface area contributed by atoms with Crippen LogP contribution >= 0.6 is 0 Å². The number of nitrogens with zero attached hydrogens (tertiary/aromatic N) is 1. The van der Waals surface area contributed by atoms with Crippen LogP contribution in [0.2, 0.25) is 0 Å². The molecule has 0 spiro atoms. The lowest BCUT2D eigenvalue weighted by molar-refractivity contribution is 0.573. The monoisotopic (exact) mass is 341 g/mol. The van der Waals surface area contributed by atoms with Gasteiger partial charge in [0.05, 0.1) is 6.04 Å². The second-order valence-electron chi connectivity index (χ2n) is 7.21. The van der Waals surface area contributed by atoms with Crippen LogP contribution < -0.4 is 16.0 Å². The highest BCUT2D eigenvalue weighted by molar-refractivity contribution is 5.79. The third kappa shape index (κ3) is 2.39. The Labute approximate surface area is 154 Å². The van der Waals surface area contributed by atoms with E-state index in [1.54, 1.807) is 0 Å². The summed E-state index contributed by atoms with van der Waals surface area (Å²) in [5, 5.41) is 3.20. The molecule has 1 aliphatic carbocycles. The van der Waals surface area contributed by atoms with E-state index in [1.165, 1.54) is 28.9 Å². The SMILES string of the molecule is NC1NC=CC=C1c1ccc2c(c1)C1CCC=CC1N2c1ccccc1. The molecule has 3 aliphatic rings. The Kier molecular flexibility index (Phi) is 3.68. The summed E-state index contributed by atoms with van der Waals surface area (Å²) in [7, 11) is 0. The van der Waals surface area contributed by atoms with Gasteiger partial charge in [0.25, 0.3) is 0 Å². The number of nitrogens with two attached hydrogens (primary N) is 1. The summed E-state index contributed by atoms with van der Waals surface area (Å²) in [6.45, 7) is 0. The Bertz CT molecular complexity index is 910. The van der Waals surface area contributed by atoms with E-state index in [9.17, 15) is 0 Å². The summed E-state index contributed by atoms with van der Waals surface area (Å²) >= 11 is 0. The maximum atomic E-state index is 6.25. The zero-order valence-corrected chi connectivity index (χ0v) is 14.7. The molecule has 3 atom stereocenters. The summed E-state index contributed by atoms with van der Waals surface area (Å²) in [5.41, 5.74) is 12.7. The standard InChI is InChI=1S/C23H23N3/c24-23-18(10-6-14-25-23)16-12-13-22-20(15-16)19-9-4-5-11-21(19)26(22)17-7-2-1-3-8-17/h1-3,5-8,10-15,19,21,23,25H,4,9,24H2. The van der Waals surface area contributed by atoms with Crippen molar-refractivity contribution in [2.24, 2.45) is 5.73 Å². The van der Waals surface area contributed by atoms with E-state index >= 15 is 0 Å². The van der Waals surface area contributed by atoms with Crippen LogP contribution in [0.1, 0.15) is 29.9 Å². The minimum absolute atomic E-state index is 0.147. The van der Waals surface area contributed by atoms with Crippen molar-refractivity contribution in [2.45, 2.75) is 31.0 Å². The Morgan fingerprint density at radius 3 is 2.81 bits per heavy atom. The van der Waals surface area contributed by atoms with Gasteiger partial charge >= 0.3 is 0 Å². The largest absolute Gasteiger partial charge is 0.372 e. The molecule has 0 saturated carbocycles. The number of benzene rings is 2. The molecule has 3 unspecified atom stereocenters. The fourth-order valence-corrected chi connectivity index (χ4v) is 4.51. The molecule has 130 valence electrons. The molecule has 5 rings (SSSR count). The third-order valence-electron chi connectivity index (χ3n) is 5.73. The second kappa shape index (κ2) is 6.19. The number of hydrogen-bond donors (Lipinski definition) is 2. The first-order chi connectivity index (χ1) is 12.8. The first-order valence-electron chi connectivity index (χ1n) is 9.36. The van der Waals surface area contributed by atoms with Gasteiger partial charge in [-0.15, -0.1) is 0 Å². The number of dihydropyridines is 1. The van der Waals surface area contributed by atoms with E-state index in [1.807, 2.05) is 12.3 Å². The predicted molar refractivity (Wildman–Crippen MR) is 108 cm³/mol. The van der Waals surface area contributed by atoms with Crippen LogP contribution in [0.15, 0.2) is 79.0 Å². The average Bonchev–Trinajstić information content (AvgIpc) is 3.03. The van der Waals surface area contributed by atoms with Crippen molar-refractivity contribution in [1.29, 1.82) is 0 Å². The number of nitrogens with one attached hydrogen (secondary N) is 1. The second-order valence-corrected chi connectivity index (χ2v) is 7.21. The summed E-state index contributed by atoms with van der Waals surface area (Å²) in [4.78, 5) is 2.49. The van der Waals surface area contributed by atoms with Crippen LogP contribution in [0.5, 0.6) is 0 Å². The van der Waals surface area contributed by atoms with Crippen LogP contribution in [0.3, 0.4) is 0 Å². The number of fused-ring (bicyclic) bond motifs is 3. The average molecular weight is 341 g/mol. The third-order valence-corrected chi connectivity index (χ3v) is 5.73. The normalized spacial score (nSPS) is 26.1. The fraction of sp³-hybridized carbons (Fsp3) is 0.217. The molecule has 0 radical (unpaired) electrons. The minimum atomic E-state index is -0.147. The van der Waals surface area contributed by atoms with E-state index in [-0.39, 0.29) is 6.17 Å². The molecule has 26 heavy (non-hydrogen) atoms. The van der Waals surface area contributed by atoms with Crippen molar-refractivity contribution in [3.8, 4) is 0 Å². The van der Waals surface area contributed by atoms with E-state index in [2.05, 4.69) is 77.0 Å². The van der Waals surface area contributed by atoms with Gasteiger partial charge in [0, 0.05) is 17.3 Å². The molecule has 3 N–H and O–H groups in total. The van der Waals surface area contributed by atoms with Crippen molar-refractivity contribution in [1.82, 2.24) is 5.32 Å². The first kappa shape index (κ1) is 15.5. The molecule has 0 fully saturated rings. The quantitative estimate of drug-likeness (QED) is 0.794. The van der Waals surface area contributed by atoms with Crippen LogP contribution in [0, 0.1) is 0 Å². The fourth-order valence-electron chi connectivity index (χ4n) is 4.51. The maximum absolute atomic E-state index is 6.25. The highest BCUT2D eigenvalue weighted by atomic mass is 15.2. The van der Waals surface area contributed by atoms with Gasteiger partial charge in [-0.1, -0.05) is 42.5 Å². The van der Waals surface area contributed by atoms with Crippen LogP contribution in [0.4, 0.5) is 11.4 Å². The first-order valence-corrected chi connectivity index (χ1v) is 9.36. The molecular formula is C23H23N3.